The third-order valence-electron chi connectivity index (χ3n) is 4.34. The number of morpholine rings is 1. The Kier molecular flexibility index (Phi) is 5.57. The first-order chi connectivity index (χ1) is 10.2. The summed E-state index contributed by atoms with van der Waals surface area (Å²) in [6, 6.07) is 2.19. The smallest absolute Gasteiger partial charge is 0.240 e. The van der Waals surface area contributed by atoms with Crippen molar-refractivity contribution in [2.45, 2.75) is 38.5 Å². The van der Waals surface area contributed by atoms with E-state index < -0.39 is 5.41 Å². The van der Waals surface area contributed by atoms with Crippen molar-refractivity contribution < 1.29 is 14.3 Å². The number of carbonyl (C=O) groups is 2. The molecular formula is C15H23N3O3. The van der Waals surface area contributed by atoms with Crippen molar-refractivity contribution in [2.75, 3.05) is 32.8 Å². The molecule has 1 saturated carbocycles. The summed E-state index contributed by atoms with van der Waals surface area (Å²) in [5.41, 5.74) is -0.875. The van der Waals surface area contributed by atoms with Crippen LogP contribution in [0.4, 0.5) is 0 Å². The van der Waals surface area contributed by atoms with Crippen LogP contribution in [0.5, 0.6) is 0 Å². The van der Waals surface area contributed by atoms with E-state index >= 15 is 0 Å². The molecule has 0 aromatic rings. The number of carbonyl (C=O) groups excluding carboxylic acids is 2. The fourth-order valence-electron chi connectivity index (χ4n) is 2.97. The summed E-state index contributed by atoms with van der Waals surface area (Å²) in [5, 5.41) is 12.1. The molecule has 6 heteroatoms. The van der Waals surface area contributed by atoms with Crippen molar-refractivity contribution in [3.05, 3.63) is 0 Å². The minimum absolute atomic E-state index is 0.0354. The molecule has 0 spiro atoms. The van der Waals surface area contributed by atoms with Crippen LogP contribution in [0, 0.1) is 16.7 Å². The monoisotopic (exact) mass is 293 g/mol. The highest BCUT2D eigenvalue weighted by Gasteiger charge is 2.39. The predicted octanol–water partition coefficient (Wildman–Crippen LogP) is 0.826. The van der Waals surface area contributed by atoms with Crippen LogP contribution in [0.1, 0.15) is 38.5 Å². The molecule has 1 heterocycles. The highest BCUT2D eigenvalue weighted by atomic mass is 16.5. The molecule has 2 aliphatic rings. The van der Waals surface area contributed by atoms with E-state index in [1.807, 2.05) is 0 Å². The van der Waals surface area contributed by atoms with Gasteiger partial charge in [0.05, 0.1) is 19.3 Å². The molecule has 0 bridgehead atoms. The molecule has 1 N–H and O–H groups in total. The van der Waals surface area contributed by atoms with Crippen LogP contribution >= 0.6 is 0 Å². The maximum atomic E-state index is 12.2. The van der Waals surface area contributed by atoms with Crippen LogP contribution in [0.2, 0.25) is 0 Å². The second-order valence-electron chi connectivity index (χ2n) is 5.75. The number of hydrogen-bond acceptors (Lipinski definition) is 4. The minimum Gasteiger partial charge on any atom is -0.378 e. The van der Waals surface area contributed by atoms with Gasteiger partial charge in [0.25, 0.3) is 0 Å². The maximum absolute atomic E-state index is 12.2. The van der Waals surface area contributed by atoms with Crippen LogP contribution in [0.15, 0.2) is 0 Å². The highest BCUT2D eigenvalue weighted by Crippen LogP contribution is 2.35. The molecule has 21 heavy (non-hydrogen) atoms. The molecule has 0 aromatic carbocycles. The zero-order valence-electron chi connectivity index (χ0n) is 12.4. The van der Waals surface area contributed by atoms with E-state index in [0.29, 0.717) is 45.7 Å². The molecule has 2 rings (SSSR count). The SMILES string of the molecule is N#CC1(C(=O)NCCC(=O)N2CCOCC2)CCCCC1. The van der Waals surface area contributed by atoms with E-state index in [0.717, 1.165) is 19.3 Å². The van der Waals surface area contributed by atoms with Gasteiger partial charge in [-0.3, -0.25) is 9.59 Å². The highest BCUT2D eigenvalue weighted by molar-refractivity contribution is 5.86. The zero-order valence-corrected chi connectivity index (χ0v) is 12.4. The number of nitrogens with zero attached hydrogens (tertiary/aromatic N) is 2. The summed E-state index contributed by atoms with van der Waals surface area (Å²) in [6.45, 7) is 2.70. The van der Waals surface area contributed by atoms with E-state index in [1.54, 1.807) is 4.90 Å². The molecule has 1 aliphatic heterocycles. The van der Waals surface area contributed by atoms with E-state index in [1.165, 1.54) is 0 Å². The predicted molar refractivity (Wildman–Crippen MR) is 76.2 cm³/mol. The van der Waals surface area contributed by atoms with Crippen molar-refractivity contribution in [1.82, 2.24) is 10.2 Å². The Morgan fingerprint density at radius 3 is 2.48 bits per heavy atom. The molecule has 0 aromatic heterocycles. The molecule has 0 radical (unpaired) electrons. The topological polar surface area (TPSA) is 82.4 Å². The van der Waals surface area contributed by atoms with Crippen LogP contribution in [-0.2, 0) is 14.3 Å². The average Bonchev–Trinajstić information content (AvgIpc) is 2.56. The van der Waals surface area contributed by atoms with Gasteiger partial charge in [-0.05, 0) is 12.8 Å². The van der Waals surface area contributed by atoms with Crippen LogP contribution in [0.3, 0.4) is 0 Å². The van der Waals surface area contributed by atoms with Crippen molar-refractivity contribution >= 4 is 11.8 Å². The van der Waals surface area contributed by atoms with Gasteiger partial charge in [0, 0.05) is 26.1 Å². The Balaban J connectivity index is 1.75. The first-order valence-corrected chi connectivity index (χ1v) is 7.73. The van der Waals surface area contributed by atoms with Crippen molar-refractivity contribution in [2.24, 2.45) is 5.41 Å². The average molecular weight is 293 g/mol. The van der Waals surface area contributed by atoms with Gasteiger partial charge < -0.3 is 15.0 Å². The van der Waals surface area contributed by atoms with Gasteiger partial charge in [0.15, 0.2) is 0 Å². The van der Waals surface area contributed by atoms with Gasteiger partial charge in [-0.15, -0.1) is 0 Å². The summed E-state index contributed by atoms with van der Waals surface area (Å²) in [5.74, 6) is -0.173. The minimum atomic E-state index is -0.875. The van der Waals surface area contributed by atoms with Gasteiger partial charge in [0.1, 0.15) is 5.41 Å². The lowest BCUT2D eigenvalue weighted by Crippen LogP contribution is -2.44. The lowest BCUT2D eigenvalue weighted by atomic mass is 9.74. The number of amides is 2. The quantitative estimate of drug-likeness (QED) is 0.832. The molecule has 2 fully saturated rings. The number of nitriles is 1. The van der Waals surface area contributed by atoms with Crippen LogP contribution < -0.4 is 5.32 Å². The largest absolute Gasteiger partial charge is 0.378 e. The van der Waals surface area contributed by atoms with Gasteiger partial charge >= 0.3 is 0 Å². The number of ether oxygens (including phenoxy) is 1. The van der Waals surface area contributed by atoms with Crippen molar-refractivity contribution in [3.63, 3.8) is 0 Å². The van der Waals surface area contributed by atoms with Gasteiger partial charge in [0.2, 0.25) is 11.8 Å². The second-order valence-corrected chi connectivity index (χ2v) is 5.75. The van der Waals surface area contributed by atoms with Crippen molar-refractivity contribution in [3.8, 4) is 6.07 Å². The zero-order chi connectivity index (χ0) is 15.1. The summed E-state index contributed by atoms with van der Waals surface area (Å²) in [4.78, 5) is 25.9. The molecule has 6 nitrogen and oxygen atoms in total. The summed E-state index contributed by atoms with van der Waals surface area (Å²) >= 11 is 0. The van der Waals surface area contributed by atoms with E-state index in [9.17, 15) is 14.9 Å². The van der Waals surface area contributed by atoms with E-state index in [-0.39, 0.29) is 18.2 Å². The summed E-state index contributed by atoms with van der Waals surface area (Å²) in [7, 11) is 0. The molecule has 1 saturated heterocycles. The molecular weight excluding hydrogens is 270 g/mol. The fraction of sp³-hybridized carbons (Fsp3) is 0.800. The van der Waals surface area contributed by atoms with E-state index in [2.05, 4.69) is 11.4 Å². The second kappa shape index (κ2) is 7.41. The van der Waals surface area contributed by atoms with Crippen LogP contribution in [0.25, 0.3) is 0 Å². The number of rotatable bonds is 4. The maximum Gasteiger partial charge on any atom is 0.240 e. The van der Waals surface area contributed by atoms with Gasteiger partial charge in [-0.2, -0.15) is 5.26 Å². The first kappa shape index (κ1) is 15.8. The third-order valence-corrected chi connectivity index (χ3v) is 4.34. The lowest BCUT2D eigenvalue weighted by molar-refractivity contribution is -0.135. The van der Waals surface area contributed by atoms with Crippen LogP contribution in [-0.4, -0.2) is 49.6 Å². The Labute approximate surface area is 125 Å². The van der Waals surface area contributed by atoms with E-state index in [4.69, 9.17) is 4.74 Å². The molecule has 0 atom stereocenters. The lowest BCUT2D eigenvalue weighted by Gasteiger charge is -2.29. The molecule has 0 unspecified atom stereocenters. The number of nitrogens with one attached hydrogen (secondary N) is 1. The fourth-order valence-corrected chi connectivity index (χ4v) is 2.97. The number of hydrogen-bond donors (Lipinski definition) is 1. The van der Waals surface area contributed by atoms with Gasteiger partial charge in [-0.1, -0.05) is 19.3 Å². The normalized spacial score (nSPS) is 21.4. The molecule has 1 aliphatic carbocycles. The van der Waals surface area contributed by atoms with Crippen molar-refractivity contribution in [1.29, 1.82) is 5.26 Å². The Bertz CT molecular complexity index is 418. The molecule has 116 valence electrons. The Hall–Kier alpha value is -1.61. The Morgan fingerprint density at radius 1 is 1.19 bits per heavy atom. The Morgan fingerprint density at radius 2 is 1.86 bits per heavy atom. The standard InChI is InChI=1S/C15H23N3O3/c16-12-15(5-2-1-3-6-15)14(20)17-7-4-13(19)18-8-10-21-11-9-18/h1-11H2,(H,17,20). The summed E-state index contributed by atoms with van der Waals surface area (Å²) in [6.07, 6.45) is 4.49. The summed E-state index contributed by atoms with van der Waals surface area (Å²) < 4.78 is 5.20. The third kappa shape index (κ3) is 3.94. The van der Waals surface area contributed by atoms with Gasteiger partial charge in [-0.25, -0.2) is 0 Å². The molecule has 2 amide bonds. The first-order valence-electron chi connectivity index (χ1n) is 7.73.